The highest BCUT2D eigenvalue weighted by molar-refractivity contribution is 5.91. The van der Waals surface area contributed by atoms with Crippen molar-refractivity contribution in [2.45, 2.75) is 0 Å². The van der Waals surface area contributed by atoms with Gasteiger partial charge in [-0.15, -0.1) is 0 Å². The molecule has 0 saturated carbocycles. The van der Waals surface area contributed by atoms with E-state index in [0.29, 0.717) is 5.56 Å². The van der Waals surface area contributed by atoms with Gasteiger partial charge in [-0.1, -0.05) is 42.3 Å². The van der Waals surface area contributed by atoms with Crippen LogP contribution in [0.15, 0.2) is 42.5 Å². The molecule has 2 nitrogen and oxygen atoms in total. The second-order valence-corrected chi connectivity index (χ2v) is 3.06. The van der Waals surface area contributed by atoms with Gasteiger partial charge in [-0.2, -0.15) is 0 Å². The summed E-state index contributed by atoms with van der Waals surface area (Å²) in [4.78, 5) is 10.2. The number of hydrogen-bond donors (Lipinski definition) is 0. The summed E-state index contributed by atoms with van der Waals surface area (Å²) in [5, 5.41) is 12.2. The Kier molecular flexibility index (Phi) is 2.38. The molecule has 0 saturated heterocycles. The molecule has 0 spiro atoms. The van der Waals surface area contributed by atoms with E-state index in [-0.39, 0.29) is 0 Å². The van der Waals surface area contributed by atoms with E-state index >= 15 is 0 Å². The Bertz CT molecular complexity index is 568. The minimum atomic E-state index is -1.36. The van der Waals surface area contributed by atoms with Crippen molar-refractivity contribution < 1.29 is 9.90 Å². The molecule has 0 amide bonds. The number of fused-ring (bicyclic) bond motifs is 1. The number of carboxylic acids is 1. The van der Waals surface area contributed by atoms with Gasteiger partial charge < -0.3 is 9.90 Å². The number of carboxylic acid groups (broad SMARTS) is 1. The summed E-state index contributed by atoms with van der Waals surface area (Å²) in [6.45, 7) is 0. The van der Waals surface area contributed by atoms with Crippen LogP contribution in [0.25, 0.3) is 10.8 Å². The minimum absolute atomic E-state index is 0.706. The van der Waals surface area contributed by atoms with Crippen LogP contribution in [0.4, 0.5) is 0 Å². The first-order valence-corrected chi connectivity index (χ1v) is 4.48. The first kappa shape index (κ1) is 9.29. The average Bonchev–Trinajstić information content (AvgIpc) is 2.26. The maximum Gasteiger partial charge on any atom is 0.116 e. The van der Waals surface area contributed by atoms with Crippen LogP contribution in [0.3, 0.4) is 0 Å². The molecular formula is C13H7O2-. The van der Waals surface area contributed by atoms with Gasteiger partial charge in [0.2, 0.25) is 0 Å². The second kappa shape index (κ2) is 3.85. The third kappa shape index (κ3) is 1.97. The normalized spacial score (nSPS) is 9.33. The average molecular weight is 195 g/mol. The topological polar surface area (TPSA) is 40.1 Å². The molecule has 0 heterocycles. The molecular weight excluding hydrogens is 188 g/mol. The Balaban J connectivity index is 2.63. The molecule has 0 aliphatic heterocycles. The van der Waals surface area contributed by atoms with E-state index in [1.165, 1.54) is 0 Å². The Hall–Kier alpha value is -2.27. The molecule has 0 fully saturated rings. The predicted octanol–water partition coefficient (Wildman–Crippen LogP) is 0.941. The fraction of sp³-hybridized carbons (Fsp3) is 0. The largest absolute Gasteiger partial charge is 0.537 e. The monoisotopic (exact) mass is 195 g/mol. The Labute approximate surface area is 87.2 Å². The van der Waals surface area contributed by atoms with E-state index in [1.54, 1.807) is 6.07 Å². The second-order valence-electron chi connectivity index (χ2n) is 3.06. The van der Waals surface area contributed by atoms with Crippen molar-refractivity contribution in [2.24, 2.45) is 0 Å². The van der Waals surface area contributed by atoms with Crippen LogP contribution in [-0.2, 0) is 4.79 Å². The lowest BCUT2D eigenvalue weighted by molar-refractivity contribution is -0.295. The van der Waals surface area contributed by atoms with Crippen molar-refractivity contribution in [3.63, 3.8) is 0 Å². The number of carbonyl (C=O) groups excluding carboxylic acids is 1. The van der Waals surface area contributed by atoms with Gasteiger partial charge in [0.1, 0.15) is 5.97 Å². The lowest BCUT2D eigenvalue weighted by Crippen LogP contribution is -2.19. The maximum atomic E-state index is 10.2. The van der Waals surface area contributed by atoms with Gasteiger partial charge in [-0.25, -0.2) is 0 Å². The van der Waals surface area contributed by atoms with Gasteiger partial charge in [-0.05, 0) is 22.8 Å². The summed E-state index contributed by atoms with van der Waals surface area (Å²) in [5.74, 6) is 3.23. The van der Waals surface area contributed by atoms with Gasteiger partial charge in [0.05, 0.1) is 0 Å². The Morgan fingerprint density at radius 2 is 1.80 bits per heavy atom. The molecule has 2 rings (SSSR count). The van der Waals surface area contributed by atoms with E-state index in [0.717, 1.165) is 10.8 Å². The maximum absolute atomic E-state index is 10.2. The molecule has 0 N–H and O–H groups in total. The molecule has 0 radical (unpaired) electrons. The Morgan fingerprint density at radius 3 is 2.60 bits per heavy atom. The predicted molar refractivity (Wildman–Crippen MR) is 55.8 cm³/mol. The van der Waals surface area contributed by atoms with Crippen molar-refractivity contribution >= 4 is 16.7 Å². The van der Waals surface area contributed by atoms with Crippen LogP contribution in [0.5, 0.6) is 0 Å². The molecule has 0 atom stereocenters. The zero-order chi connectivity index (χ0) is 10.7. The molecule has 0 bridgehead atoms. The smallest absolute Gasteiger partial charge is 0.116 e. The van der Waals surface area contributed by atoms with Crippen molar-refractivity contribution in [1.82, 2.24) is 0 Å². The van der Waals surface area contributed by atoms with E-state index in [4.69, 9.17) is 0 Å². The van der Waals surface area contributed by atoms with E-state index in [9.17, 15) is 9.90 Å². The molecule has 0 aliphatic carbocycles. The van der Waals surface area contributed by atoms with Crippen LogP contribution >= 0.6 is 0 Å². The van der Waals surface area contributed by atoms with Gasteiger partial charge in [0.15, 0.2) is 0 Å². The van der Waals surface area contributed by atoms with Gasteiger partial charge >= 0.3 is 0 Å². The highest BCUT2D eigenvalue weighted by atomic mass is 16.4. The number of aliphatic carboxylic acids is 1. The molecule has 0 unspecified atom stereocenters. The summed E-state index contributed by atoms with van der Waals surface area (Å²) in [7, 11) is 0. The number of rotatable bonds is 0. The third-order valence-electron chi connectivity index (χ3n) is 2.09. The van der Waals surface area contributed by atoms with Crippen LogP contribution in [0.2, 0.25) is 0 Å². The van der Waals surface area contributed by atoms with Gasteiger partial charge in [-0.3, -0.25) is 0 Å². The summed E-state index contributed by atoms with van der Waals surface area (Å²) in [6.07, 6.45) is 0. The van der Waals surface area contributed by atoms with Crippen molar-refractivity contribution in [2.75, 3.05) is 0 Å². The van der Waals surface area contributed by atoms with Crippen molar-refractivity contribution in [3.8, 4) is 11.8 Å². The summed E-state index contributed by atoms with van der Waals surface area (Å²) < 4.78 is 0. The molecule has 72 valence electrons. The lowest BCUT2D eigenvalue weighted by atomic mass is 10.1. The highest BCUT2D eigenvalue weighted by Gasteiger charge is 1.95. The van der Waals surface area contributed by atoms with Crippen molar-refractivity contribution in [1.29, 1.82) is 0 Å². The first-order chi connectivity index (χ1) is 7.27. The summed E-state index contributed by atoms with van der Waals surface area (Å²) in [5.41, 5.74) is 0.706. The van der Waals surface area contributed by atoms with E-state index in [1.807, 2.05) is 42.3 Å². The number of benzene rings is 2. The van der Waals surface area contributed by atoms with Crippen LogP contribution in [0.1, 0.15) is 5.56 Å². The molecule has 2 aromatic rings. The molecule has 15 heavy (non-hydrogen) atoms. The molecule has 2 heteroatoms. The van der Waals surface area contributed by atoms with Crippen LogP contribution in [-0.4, -0.2) is 5.97 Å². The molecule has 0 aromatic heterocycles. The first-order valence-electron chi connectivity index (χ1n) is 4.48. The molecule has 0 aliphatic rings. The van der Waals surface area contributed by atoms with Crippen molar-refractivity contribution in [3.05, 3.63) is 48.0 Å². The Morgan fingerprint density at radius 1 is 1.07 bits per heavy atom. The summed E-state index contributed by atoms with van der Waals surface area (Å²) >= 11 is 0. The van der Waals surface area contributed by atoms with E-state index < -0.39 is 5.97 Å². The van der Waals surface area contributed by atoms with Gasteiger partial charge in [0.25, 0.3) is 0 Å². The highest BCUT2D eigenvalue weighted by Crippen LogP contribution is 2.17. The van der Waals surface area contributed by atoms with Crippen LogP contribution in [0, 0.1) is 11.8 Å². The van der Waals surface area contributed by atoms with Gasteiger partial charge in [0, 0.05) is 5.56 Å². The third-order valence-corrected chi connectivity index (χ3v) is 2.09. The fourth-order valence-electron chi connectivity index (χ4n) is 1.45. The zero-order valence-electron chi connectivity index (χ0n) is 7.86. The number of hydrogen-bond acceptors (Lipinski definition) is 2. The van der Waals surface area contributed by atoms with Crippen LogP contribution < -0.4 is 5.11 Å². The van der Waals surface area contributed by atoms with E-state index in [2.05, 4.69) is 5.92 Å². The fourth-order valence-corrected chi connectivity index (χ4v) is 1.45. The zero-order valence-corrected chi connectivity index (χ0v) is 7.86. The molecule has 2 aromatic carbocycles. The quantitative estimate of drug-likeness (QED) is 0.587. The minimum Gasteiger partial charge on any atom is -0.537 e. The standard InChI is InChI=1S/C13H8O2/c14-13(15)9-8-11-6-3-5-10-4-1-2-7-12(10)11/h1-7H,(H,14,15)/p-1. The number of carbonyl (C=O) groups is 1. The SMILES string of the molecule is O=C([O-])C#Cc1cccc2ccccc12. The summed E-state index contributed by atoms with van der Waals surface area (Å²) in [6, 6.07) is 13.3. The lowest BCUT2D eigenvalue weighted by Gasteiger charge is -1.99.